The average molecular weight is 252 g/mol. The Morgan fingerprint density at radius 2 is 1.58 bits per heavy atom. The number of rotatable bonds is 5. The second-order valence-corrected chi connectivity index (χ2v) is 4.32. The Bertz CT molecular complexity index is 553. The fourth-order valence-corrected chi connectivity index (χ4v) is 1.77. The minimum atomic E-state index is 0.436. The maximum absolute atomic E-state index is 8.59. The quantitative estimate of drug-likeness (QED) is 0.832. The van der Waals surface area contributed by atoms with Crippen molar-refractivity contribution >= 4 is 5.69 Å². The van der Waals surface area contributed by atoms with E-state index < -0.39 is 0 Å². The summed E-state index contributed by atoms with van der Waals surface area (Å²) in [4.78, 5) is 0. The first-order chi connectivity index (χ1) is 9.28. The molecule has 0 atom stereocenters. The Hall–Kier alpha value is -2.47. The first-order valence-electron chi connectivity index (χ1n) is 6.21. The number of benzene rings is 2. The molecule has 19 heavy (non-hydrogen) atoms. The lowest BCUT2D eigenvalue weighted by Crippen LogP contribution is -2.01. The Kier molecular flexibility index (Phi) is 4.41. The molecule has 2 aromatic carbocycles. The van der Waals surface area contributed by atoms with Crippen molar-refractivity contribution in [2.45, 2.75) is 12.8 Å². The topological polar surface area (TPSA) is 59.0 Å². The van der Waals surface area contributed by atoms with Gasteiger partial charge in [-0.05, 0) is 35.4 Å². The average Bonchev–Trinajstić information content (AvgIpc) is 2.43. The van der Waals surface area contributed by atoms with Gasteiger partial charge < -0.3 is 10.5 Å². The van der Waals surface area contributed by atoms with Crippen LogP contribution in [0.2, 0.25) is 0 Å². The zero-order valence-electron chi connectivity index (χ0n) is 10.7. The third-order valence-electron chi connectivity index (χ3n) is 2.85. The lowest BCUT2D eigenvalue weighted by Gasteiger charge is -2.07. The van der Waals surface area contributed by atoms with Crippen LogP contribution in [-0.4, -0.2) is 6.61 Å². The number of nitriles is 1. The number of anilines is 1. The van der Waals surface area contributed by atoms with Gasteiger partial charge in [0.25, 0.3) is 0 Å². The molecule has 0 unspecified atom stereocenters. The van der Waals surface area contributed by atoms with E-state index in [2.05, 4.69) is 6.07 Å². The van der Waals surface area contributed by atoms with E-state index in [4.69, 9.17) is 15.7 Å². The third-order valence-corrected chi connectivity index (χ3v) is 2.85. The van der Waals surface area contributed by atoms with Crippen molar-refractivity contribution < 1.29 is 4.74 Å². The first kappa shape index (κ1) is 13.0. The molecule has 0 fully saturated rings. The summed E-state index contributed by atoms with van der Waals surface area (Å²) in [6, 6.07) is 17.6. The summed E-state index contributed by atoms with van der Waals surface area (Å²) in [5.74, 6) is 0.831. The Balaban J connectivity index is 1.82. The molecule has 0 bridgehead atoms. The molecule has 0 spiro atoms. The van der Waals surface area contributed by atoms with Crippen LogP contribution in [0.5, 0.6) is 5.75 Å². The SMILES string of the molecule is N#CCc1ccc(OCCc2ccc(N)cc2)cc1. The number of nitrogens with zero attached hydrogens (tertiary/aromatic N) is 1. The van der Waals surface area contributed by atoms with Gasteiger partial charge in [0.15, 0.2) is 0 Å². The van der Waals surface area contributed by atoms with Gasteiger partial charge in [-0.2, -0.15) is 5.26 Å². The second-order valence-electron chi connectivity index (χ2n) is 4.32. The highest BCUT2D eigenvalue weighted by molar-refractivity contribution is 5.39. The van der Waals surface area contributed by atoms with Crippen molar-refractivity contribution in [1.29, 1.82) is 5.26 Å². The molecular weight excluding hydrogens is 236 g/mol. The van der Waals surface area contributed by atoms with Gasteiger partial charge in [-0.25, -0.2) is 0 Å². The summed E-state index contributed by atoms with van der Waals surface area (Å²) in [6.45, 7) is 0.627. The summed E-state index contributed by atoms with van der Waals surface area (Å²) in [6.07, 6.45) is 1.28. The summed E-state index contributed by atoms with van der Waals surface area (Å²) in [5.41, 5.74) is 8.62. The van der Waals surface area contributed by atoms with Gasteiger partial charge in [0.05, 0.1) is 19.1 Å². The lowest BCUT2D eigenvalue weighted by atomic mass is 10.1. The predicted molar refractivity (Wildman–Crippen MR) is 75.8 cm³/mol. The Morgan fingerprint density at radius 3 is 2.21 bits per heavy atom. The summed E-state index contributed by atoms with van der Waals surface area (Å²) >= 11 is 0. The second kappa shape index (κ2) is 6.46. The fourth-order valence-electron chi connectivity index (χ4n) is 1.77. The van der Waals surface area contributed by atoms with Gasteiger partial charge in [-0.15, -0.1) is 0 Å². The molecule has 0 saturated heterocycles. The van der Waals surface area contributed by atoms with Crippen molar-refractivity contribution in [3.05, 3.63) is 59.7 Å². The third kappa shape index (κ3) is 4.04. The van der Waals surface area contributed by atoms with E-state index in [9.17, 15) is 0 Å². The number of nitrogen functional groups attached to an aromatic ring is 1. The number of nitrogens with two attached hydrogens (primary N) is 1. The van der Waals surface area contributed by atoms with E-state index in [0.29, 0.717) is 13.0 Å². The molecular formula is C16H16N2O. The Morgan fingerprint density at radius 1 is 0.947 bits per heavy atom. The molecule has 0 aliphatic heterocycles. The van der Waals surface area contributed by atoms with E-state index in [-0.39, 0.29) is 0 Å². The van der Waals surface area contributed by atoms with E-state index in [1.54, 1.807) is 0 Å². The highest BCUT2D eigenvalue weighted by Gasteiger charge is 1.97. The molecule has 2 N–H and O–H groups in total. The van der Waals surface area contributed by atoms with Gasteiger partial charge in [0.1, 0.15) is 5.75 Å². The highest BCUT2D eigenvalue weighted by Crippen LogP contribution is 2.13. The lowest BCUT2D eigenvalue weighted by molar-refractivity contribution is 0.322. The van der Waals surface area contributed by atoms with E-state index in [0.717, 1.165) is 23.4 Å². The molecule has 3 heteroatoms. The highest BCUT2D eigenvalue weighted by atomic mass is 16.5. The van der Waals surface area contributed by atoms with E-state index >= 15 is 0 Å². The molecule has 2 rings (SSSR count). The van der Waals surface area contributed by atoms with Crippen LogP contribution in [0.1, 0.15) is 11.1 Å². The molecule has 0 saturated carbocycles. The van der Waals surface area contributed by atoms with Crippen LogP contribution in [0.25, 0.3) is 0 Å². The van der Waals surface area contributed by atoms with Gasteiger partial charge in [-0.3, -0.25) is 0 Å². The minimum Gasteiger partial charge on any atom is -0.493 e. The number of hydrogen-bond acceptors (Lipinski definition) is 3. The largest absolute Gasteiger partial charge is 0.493 e. The van der Waals surface area contributed by atoms with Crippen molar-refractivity contribution in [3.63, 3.8) is 0 Å². The number of hydrogen-bond donors (Lipinski definition) is 1. The Labute approximate surface area is 113 Å². The maximum atomic E-state index is 8.59. The van der Waals surface area contributed by atoms with Gasteiger partial charge >= 0.3 is 0 Å². The predicted octanol–water partition coefficient (Wildman–Crippen LogP) is 2.96. The molecule has 96 valence electrons. The molecule has 0 radical (unpaired) electrons. The normalized spacial score (nSPS) is 9.84. The zero-order valence-corrected chi connectivity index (χ0v) is 10.7. The van der Waals surface area contributed by atoms with Crippen molar-refractivity contribution in [2.24, 2.45) is 0 Å². The van der Waals surface area contributed by atoms with E-state index in [1.807, 2.05) is 48.5 Å². The summed E-state index contributed by atoms with van der Waals surface area (Å²) in [5, 5.41) is 8.59. The molecule has 3 nitrogen and oxygen atoms in total. The van der Waals surface area contributed by atoms with Crippen LogP contribution in [0.3, 0.4) is 0 Å². The van der Waals surface area contributed by atoms with Crippen LogP contribution in [0.4, 0.5) is 5.69 Å². The fraction of sp³-hybridized carbons (Fsp3) is 0.188. The van der Waals surface area contributed by atoms with Crippen molar-refractivity contribution in [1.82, 2.24) is 0 Å². The van der Waals surface area contributed by atoms with Crippen LogP contribution >= 0.6 is 0 Å². The monoisotopic (exact) mass is 252 g/mol. The molecule has 0 heterocycles. The van der Waals surface area contributed by atoms with Crippen LogP contribution < -0.4 is 10.5 Å². The maximum Gasteiger partial charge on any atom is 0.119 e. The molecule has 0 aliphatic rings. The zero-order chi connectivity index (χ0) is 13.5. The van der Waals surface area contributed by atoms with E-state index in [1.165, 1.54) is 5.56 Å². The van der Waals surface area contributed by atoms with Crippen molar-refractivity contribution in [3.8, 4) is 11.8 Å². The van der Waals surface area contributed by atoms with Crippen LogP contribution in [0, 0.1) is 11.3 Å². The smallest absolute Gasteiger partial charge is 0.119 e. The van der Waals surface area contributed by atoms with Gasteiger partial charge in [0.2, 0.25) is 0 Å². The van der Waals surface area contributed by atoms with Gasteiger partial charge in [0, 0.05) is 12.1 Å². The molecule has 2 aromatic rings. The molecule has 0 aliphatic carbocycles. The van der Waals surface area contributed by atoms with Crippen molar-refractivity contribution in [2.75, 3.05) is 12.3 Å². The first-order valence-corrected chi connectivity index (χ1v) is 6.21. The molecule has 0 aromatic heterocycles. The summed E-state index contributed by atoms with van der Waals surface area (Å²) < 4.78 is 5.66. The number of ether oxygens (including phenoxy) is 1. The molecule has 0 amide bonds. The minimum absolute atomic E-state index is 0.436. The standard InChI is InChI=1S/C16H16N2O/c17-11-9-13-3-7-16(8-4-13)19-12-10-14-1-5-15(18)6-2-14/h1-8H,9-10,12,18H2. The van der Waals surface area contributed by atoms with Crippen LogP contribution in [0.15, 0.2) is 48.5 Å². The van der Waals surface area contributed by atoms with Crippen LogP contribution in [-0.2, 0) is 12.8 Å². The van der Waals surface area contributed by atoms with Gasteiger partial charge in [-0.1, -0.05) is 24.3 Å². The summed E-state index contributed by atoms with van der Waals surface area (Å²) in [7, 11) is 0.